The second-order valence-electron chi connectivity index (χ2n) is 8.19. The molecule has 29 heavy (non-hydrogen) atoms. The lowest BCUT2D eigenvalue weighted by Crippen LogP contribution is -2.43. The van der Waals surface area contributed by atoms with Crippen molar-refractivity contribution in [2.45, 2.75) is 25.8 Å². The van der Waals surface area contributed by atoms with Gasteiger partial charge in [0.1, 0.15) is 0 Å². The van der Waals surface area contributed by atoms with Gasteiger partial charge in [0, 0.05) is 44.2 Å². The number of methoxy groups -OCH3 is 1. The summed E-state index contributed by atoms with van der Waals surface area (Å²) < 4.78 is 5.19. The summed E-state index contributed by atoms with van der Waals surface area (Å²) >= 11 is 0. The number of fused-ring (bicyclic) bond motifs is 1. The summed E-state index contributed by atoms with van der Waals surface area (Å²) in [6.45, 7) is 5.05. The molecule has 154 valence electrons. The van der Waals surface area contributed by atoms with E-state index in [1.54, 1.807) is 7.11 Å². The van der Waals surface area contributed by atoms with Gasteiger partial charge in [0.05, 0.1) is 12.1 Å². The summed E-state index contributed by atoms with van der Waals surface area (Å²) in [7, 11) is 1.69. The van der Waals surface area contributed by atoms with E-state index in [9.17, 15) is 4.79 Å². The molecule has 1 unspecified atom stereocenters. The number of amides is 1. The molecule has 1 amide bonds. The van der Waals surface area contributed by atoms with Crippen LogP contribution in [0.2, 0.25) is 0 Å². The van der Waals surface area contributed by atoms with Crippen LogP contribution in [0.3, 0.4) is 0 Å². The molecular weight excluding hydrogens is 362 g/mol. The Morgan fingerprint density at radius 3 is 2.79 bits per heavy atom. The standard InChI is InChI=1S/C24H31N3O2/c1-29-17-16-27-13-5-4-7-22(24(27)28)19-10-14-26(15-11-19)18-20-9-12-25-23-8-3-2-6-21(20)23/h2-6,8-9,12,19,22H,7,10-11,13-18H2,1H3. The van der Waals surface area contributed by atoms with Crippen LogP contribution in [0.15, 0.2) is 48.7 Å². The summed E-state index contributed by atoms with van der Waals surface area (Å²) in [5.74, 6) is 0.904. The molecule has 0 aliphatic carbocycles. The first-order valence-electron chi connectivity index (χ1n) is 10.7. The average molecular weight is 394 g/mol. The van der Waals surface area contributed by atoms with E-state index >= 15 is 0 Å². The van der Waals surface area contributed by atoms with Gasteiger partial charge in [0.15, 0.2) is 0 Å². The van der Waals surface area contributed by atoms with Crippen LogP contribution in [0.1, 0.15) is 24.8 Å². The maximum absolute atomic E-state index is 13.1. The van der Waals surface area contributed by atoms with Gasteiger partial charge in [-0.3, -0.25) is 14.7 Å². The fourth-order valence-corrected chi connectivity index (χ4v) is 4.71. The summed E-state index contributed by atoms with van der Waals surface area (Å²) in [6, 6.07) is 10.5. The number of pyridine rings is 1. The number of nitrogens with zero attached hydrogens (tertiary/aromatic N) is 3. The number of aromatic nitrogens is 1. The lowest BCUT2D eigenvalue weighted by Gasteiger charge is -2.36. The number of ether oxygens (including phenoxy) is 1. The fraction of sp³-hybridized carbons (Fsp3) is 0.500. The zero-order valence-corrected chi connectivity index (χ0v) is 17.3. The Morgan fingerprint density at radius 2 is 1.97 bits per heavy atom. The van der Waals surface area contributed by atoms with Gasteiger partial charge in [-0.15, -0.1) is 0 Å². The predicted octanol–water partition coefficient (Wildman–Crippen LogP) is 3.50. The average Bonchev–Trinajstić information content (AvgIpc) is 2.94. The number of benzene rings is 1. The van der Waals surface area contributed by atoms with Crippen LogP contribution >= 0.6 is 0 Å². The highest BCUT2D eigenvalue weighted by Crippen LogP contribution is 2.31. The van der Waals surface area contributed by atoms with Crippen molar-refractivity contribution >= 4 is 16.8 Å². The van der Waals surface area contributed by atoms with Crippen molar-refractivity contribution in [2.75, 3.05) is 39.9 Å². The number of carbonyl (C=O) groups excluding carboxylic acids is 1. The van der Waals surface area contributed by atoms with E-state index in [1.807, 2.05) is 17.2 Å². The van der Waals surface area contributed by atoms with Gasteiger partial charge in [0.25, 0.3) is 0 Å². The van der Waals surface area contributed by atoms with Gasteiger partial charge in [-0.2, -0.15) is 0 Å². The third kappa shape index (κ3) is 4.68. The molecule has 0 saturated carbocycles. The maximum atomic E-state index is 13.1. The maximum Gasteiger partial charge on any atom is 0.226 e. The lowest BCUT2D eigenvalue weighted by atomic mass is 9.81. The van der Waals surface area contributed by atoms with E-state index in [1.165, 1.54) is 10.9 Å². The summed E-state index contributed by atoms with van der Waals surface area (Å²) in [6.07, 6.45) is 9.30. The predicted molar refractivity (Wildman–Crippen MR) is 115 cm³/mol. The van der Waals surface area contributed by atoms with Gasteiger partial charge < -0.3 is 9.64 Å². The van der Waals surface area contributed by atoms with E-state index in [0.29, 0.717) is 31.5 Å². The van der Waals surface area contributed by atoms with E-state index < -0.39 is 0 Å². The Kier molecular flexibility index (Phi) is 6.57. The van der Waals surface area contributed by atoms with Crippen molar-refractivity contribution in [3.05, 3.63) is 54.2 Å². The van der Waals surface area contributed by atoms with Gasteiger partial charge >= 0.3 is 0 Å². The largest absolute Gasteiger partial charge is 0.383 e. The molecule has 1 aromatic carbocycles. The lowest BCUT2D eigenvalue weighted by molar-refractivity contribution is -0.137. The Bertz CT molecular complexity index is 853. The van der Waals surface area contributed by atoms with E-state index in [0.717, 1.165) is 44.4 Å². The first-order chi connectivity index (χ1) is 14.3. The van der Waals surface area contributed by atoms with E-state index in [4.69, 9.17) is 4.74 Å². The number of hydrogen-bond donors (Lipinski definition) is 0. The Hall–Kier alpha value is -2.24. The van der Waals surface area contributed by atoms with Gasteiger partial charge in [-0.1, -0.05) is 30.4 Å². The normalized spacial score (nSPS) is 21.6. The highest BCUT2D eigenvalue weighted by atomic mass is 16.5. The molecule has 1 saturated heterocycles. The first-order valence-corrected chi connectivity index (χ1v) is 10.7. The number of rotatable bonds is 6. The third-order valence-corrected chi connectivity index (χ3v) is 6.41. The smallest absolute Gasteiger partial charge is 0.226 e. The molecular formula is C24H31N3O2. The molecule has 0 bridgehead atoms. The molecule has 0 spiro atoms. The molecule has 5 nitrogen and oxygen atoms in total. The van der Waals surface area contributed by atoms with Crippen molar-refractivity contribution in [2.24, 2.45) is 11.8 Å². The minimum Gasteiger partial charge on any atom is -0.383 e. The molecule has 1 atom stereocenters. The summed E-state index contributed by atoms with van der Waals surface area (Å²) in [5.41, 5.74) is 2.40. The van der Waals surface area contributed by atoms with Crippen LogP contribution in [0.4, 0.5) is 0 Å². The number of hydrogen-bond acceptors (Lipinski definition) is 4. The van der Waals surface area contributed by atoms with Crippen LogP contribution in [0.25, 0.3) is 10.9 Å². The Morgan fingerprint density at radius 1 is 1.14 bits per heavy atom. The van der Waals surface area contributed by atoms with Crippen LogP contribution < -0.4 is 0 Å². The molecule has 0 radical (unpaired) electrons. The monoisotopic (exact) mass is 393 g/mol. The second kappa shape index (κ2) is 9.51. The molecule has 0 N–H and O–H groups in total. The molecule has 4 rings (SSSR count). The second-order valence-corrected chi connectivity index (χ2v) is 8.19. The molecule has 1 fully saturated rings. The third-order valence-electron chi connectivity index (χ3n) is 6.41. The van der Waals surface area contributed by atoms with Crippen LogP contribution in [-0.4, -0.2) is 60.6 Å². The Balaban J connectivity index is 1.37. The van der Waals surface area contributed by atoms with Crippen molar-refractivity contribution in [3.63, 3.8) is 0 Å². The minimum absolute atomic E-state index is 0.120. The van der Waals surface area contributed by atoms with Crippen molar-refractivity contribution in [3.8, 4) is 0 Å². The minimum atomic E-state index is 0.120. The van der Waals surface area contributed by atoms with Crippen LogP contribution in [0, 0.1) is 11.8 Å². The SMILES string of the molecule is COCCN1CC=CCC(C2CCN(Cc3ccnc4ccccc34)CC2)C1=O. The number of piperidine rings is 1. The summed E-state index contributed by atoms with van der Waals surface area (Å²) in [5, 5.41) is 1.25. The topological polar surface area (TPSA) is 45.7 Å². The quantitative estimate of drug-likeness (QED) is 0.705. The molecule has 1 aromatic heterocycles. The number of allylic oxidation sites excluding steroid dienone is 1. The van der Waals surface area contributed by atoms with Crippen molar-refractivity contribution in [1.29, 1.82) is 0 Å². The van der Waals surface area contributed by atoms with Crippen molar-refractivity contribution < 1.29 is 9.53 Å². The first kappa shape index (κ1) is 20.0. The van der Waals surface area contributed by atoms with Gasteiger partial charge in [0.2, 0.25) is 5.91 Å². The van der Waals surface area contributed by atoms with E-state index in [-0.39, 0.29) is 5.92 Å². The molecule has 2 aliphatic heterocycles. The zero-order valence-electron chi connectivity index (χ0n) is 17.3. The highest BCUT2D eigenvalue weighted by Gasteiger charge is 2.34. The van der Waals surface area contributed by atoms with E-state index in [2.05, 4.69) is 46.3 Å². The fourth-order valence-electron chi connectivity index (χ4n) is 4.71. The number of carbonyl (C=O) groups is 1. The molecule has 2 aliphatic rings. The molecule has 5 heteroatoms. The molecule has 2 aromatic rings. The Labute approximate surface area is 173 Å². The van der Waals surface area contributed by atoms with Gasteiger partial charge in [-0.05, 0) is 56.0 Å². The highest BCUT2D eigenvalue weighted by molar-refractivity contribution is 5.82. The van der Waals surface area contributed by atoms with Gasteiger partial charge in [-0.25, -0.2) is 0 Å². The number of likely N-dealkylation sites (tertiary alicyclic amines) is 1. The van der Waals surface area contributed by atoms with Crippen LogP contribution in [0.5, 0.6) is 0 Å². The number of para-hydroxylation sites is 1. The van der Waals surface area contributed by atoms with Crippen LogP contribution in [-0.2, 0) is 16.1 Å². The zero-order chi connectivity index (χ0) is 20.1. The molecule has 3 heterocycles. The van der Waals surface area contributed by atoms with Crippen molar-refractivity contribution in [1.82, 2.24) is 14.8 Å². The summed E-state index contributed by atoms with van der Waals surface area (Å²) in [4.78, 5) is 22.0.